The van der Waals surface area contributed by atoms with E-state index in [1.165, 1.54) is 22.5 Å². The van der Waals surface area contributed by atoms with Crippen molar-refractivity contribution in [2.45, 2.75) is 49.1 Å². The van der Waals surface area contributed by atoms with Crippen LogP contribution in [0.3, 0.4) is 0 Å². The third-order valence-corrected chi connectivity index (χ3v) is 9.62. The number of hydrogen-bond acceptors (Lipinski definition) is 8. The standard InChI is InChI=1S/C28H32F3N5O4S/c1-27(2,38)21-15-35(16-21)26-13-19(9-11-32-26)18-3-6-22(7-4-18)41(39,40)36-12-10-23(24(37)17-36)34-25-8-5-20(14-33-25)28(29,30)31/h3-9,11,13-14,21,23-24,37-38H,10,12,15-17H2,1-2H3,(H,33,34)/t23-,24+/m1/s1. The second kappa shape index (κ2) is 10.9. The van der Waals surface area contributed by atoms with Crippen molar-refractivity contribution in [1.82, 2.24) is 14.3 Å². The first-order valence-corrected chi connectivity index (χ1v) is 14.7. The summed E-state index contributed by atoms with van der Waals surface area (Å²) in [6.07, 6.45) is -2.93. The first-order chi connectivity index (χ1) is 19.2. The van der Waals surface area contributed by atoms with E-state index in [0.717, 1.165) is 23.0 Å². The smallest absolute Gasteiger partial charge is 0.390 e. The Kier molecular flexibility index (Phi) is 7.74. The maximum Gasteiger partial charge on any atom is 0.417 e. The monoisotopic (exact) mass is 591 g/mol. The lowest BCUT2D eigenvalue weighted by molar-refractivity contribution is -0.137. The van der Waals surface area contributed by atoms with Crippen molar-refractivity contribution < 1.29 is 31.8 Å². The molecular weight excluding hydrogens is 559 g/mol. The van der Waals surface area contributed by atoms with Crippen LogP contribution in [0.4, 0.5) is 24.8 Å². The largest absolute Gasteiger partial charge is 0.417 e. The first-order valence-electron chi connectivity index (χ1n) is 13.2. The Morgan fingerprint density at radius 1 is 0.976 bits per heavy atom. The zero-order chi connectivity index (χ0) is 29.6. The summed E-state index contributed by atoms with van der Waals surface area (Å²) in [4.78, 5) is 10.4. The number of halogens is 3. The van der Waals surface area contributed by atoms with Crippen LogP contribution in [0.1, 0.15) is 25.8 Å². The number of anilines is 2. The Balaban J connectivity index is 1.21. The second-order valence-electron chi connectivity index (χ2n) is 11.1. The number of sulfonamides is 1. The van der Waals surface area contributed by atoms with E-state index in [4.69, 9.17) is 0 Å². The van der Waals surface area contributed by atoms with Gasteiger partial charge in [-0.1, -0.05) is 12.1 Å². The maximum absolute atomic E-state index is 13.3. The van der Waals surface area contributed by atoms with Crippen LogP contribution in [0.2, 0.25) is 0 Å². The molecule has 2 aromatic heterocycles. The van der Waals surface area contributed by atoms with E-state index >= 15 is 0 Å². The summed E-state index contributed by atoms with van der Waals surface area (Å²) in [6.45, 7) is 4.96. The van der Waals surface area contributed by atoms with Gasteiger partial charge >= 0.3 is 6.18 Å². The molecule has 220 valence electrons. The molecule has 0 amide bonds. The molecule has 0 radical (unpaired) electrons. The predicted octanol–water partition coefficient (Wildman–Crippen LogP) is 3.61. The van der Waals surface area contributed by atoms with Crippen molar-refractivity contribution in [1.29, 1.82) is 0 Å². The highest BCUT2D eigenvalue weighted by Gasteiger charge is 2.38. The summed E-state index contributed by atoms with van der Waals surface area (Å²) in [5.74, 6) is 1.12. The van der Waals surface area contributed by atoms with Gasteiger partial charge in [0.2, 0.25) is 10.0 Å². The van der Waals surface area contributed by atoms with Gasteiger partial charge in [0.25, 0.3) is 0 Å². The Morgan fingerprint density at radius 3 is 2.27 bits per heavy atom. The highest BCUT2D eigenvalue weighted by Crippen LogP contribution is 2.33. The number of nitrogens with zero attached hydrogens (tertiary/aromatic N) is 4. The lowest BCUT2D eigenvalue weighted by Gasteiger charge is -2.45. The van der Waals surface area contributed by atoms with Gasteiger partial charge in [0.15, 0.2) is 0 Å². The second-order valence-corrected chi connectivity index (χ2v) is 13.0. The predicted molar refractivity (Wildman–Crippen MR) is 148 cm³/mol. The van der Waals surface area contributed by atoms with Crippen LogP contribution in [-0.4, -0.2) is 76.8 Å². The minimum atomic E-state index is -4.50. The number of aliphatic hydroxyl groups is 2. The zero-order valence-corrected chi connectivity index (χ0v) is 23.4. The fourth-order valence-corrected chi connectivity index (χ4v) is 6.45. The average molecular weight is 592 g/mol. The zero-order valence-electron chi connectivity index (χ0n) is 22.6. The third kappa shape index (κ3) is 6.32. The molecule has 2 saturated heterocycles. The summed E-state index contributed by atoms with van der Waals surface area (Å²) in [6, 6.07) is 11.8. The number of pyridine rings is 2. The number of β-amino-alcohol motifs (C(OH)–C–C–N with tert-alkyl or cyclic N) is 1. The quantitative estimate of drug-likeness (QED) is 0.382. The van der Waals surface area contributed by atoms with Crippen molar-refractivity contribution >= 4 is 21.7 Å². The van der Waals surface area contributed by atoms with E-state index in [0.29, 0.717) is 19.3 Å². The molecule has 0 bridgehead atoms. The van der Waals surface area contributed by atoms with Gasteiger partial charge in [-0.3, -0.25) is 0 Å². The van der Waals surface area contributed by atoms with Crippen LogP contribution >= 0.6 is 0 Å². The molecule has 5 rings (SSSR count). The minimum absolute atomic E-state index is 0.0920. The summed E-state index contributed by atoms with van der Waals surface area (Å²) >= 11 is 0. The number of aliphatic hydroxyl groups excluding tert-OH is 1. The van der Waals surface area contributed by atoms with Gasteiger partial charge in [-0.15, -0.1) is 0 Å². The number of aromatic nitrogens is 2. The molecule has 2 aliphatic heterocycles. The molecule has 0 spiro atoms. The van der Waals surface area contributed by atoms with Gasteiger partial charge in [0.1, 0.15) is 11.6 Å². The molecule has 2 atom stereocenters. The van der Waals surface area contributed by atoms with Crippen LogP contribution in [0, 0.1) is 5.92 Å². The molecule has 4 heterocycles. The normalized spacial score (nSPS) is 21.0. The van der Waals surface area contributed by atoms with Gasteiger partial charge in [0.05, 0.1) is 28.2 Å². The number of rotatable bonds is 7. The van der Waals surface area contributed by atoms with Gasteiger partial charge in [-0.25, -0.2) is 18.4 Å². The van der Waals surface area contributed by atoms with Crippen molar-refractivity contribution in [3.8, 4) is 11.1 Å². The van der Waals surface area contributed by atoms with Crippen LogP contribution in [0.25, 0.3) is 11.1 Å². The Hall–Kier alpha value is -3.26. The van der Waals surface area contributed by atoms with E-state index in [1.807, 2.05) is 12.1 Å². The van der Waals surface area contributed by atoms with Crippen LogP contribution in [0.15, 0.2) is 65.8 Å². The number of nitrogens with one attached hydrogen (secondary N) is 1. The van der Waals surface area contributed by atoms with Crippen LogP contribution in [0.5, 0.6) is 0 Å². The number of hydrogen-bond donors (Lipinski definition) is 3. The molecule has 2 aliphatic rings. The van der Waals surface area contributed by atoms with Crippen LogP contribution in [-0.2, 0) is 16.2 Å². The van der Waals surface area contributed by atoms with E-state index in [1.54, 1.807) is 32.2 Å². The van der Waals surface area contributed by atoms with Gasteiger partial charge in [-0.2, -0.15) is 17.5 Å². The molecule has 3 aromatic rings. The SMILES string of the molecule is CC(C)(O)C1CN(c2cc(-c3ccc(S(=O)(=O)N4CC[C@@H](Nc5ccc(C(F)(F)F)cn5)[C@@H](O)C4)cc3)ccn2)C1. The lowest BCUT2D eigenvalue weighted by Crippen LogP contribution is -2.56. The molecule has 2 fully saturated rings. The number of benzene rings is 1. The molecule has 0 saturated carbocycles. The van der Waals surface area contributed by atoms with E-state index in [9.17, 15) is 31.8 Å². The Morgan fingerprint density at radius 2 is 1.68 bits per heavy atom. The number of piperidine rings is 1. The summed E-state index contributed by atoms with van der Waals surface area (Å²) < 4.78 is 66.2. The lowest BCUT2D eigenvalue weighted by atomic mass is 9.84. The number of alkyl halides is 3. The Labute approximate surface area is 236 Å². The van der Waals surface area contributed by atoms with Crippen LogP contribution < -0.4 is 10.2 Å². The van der Waals surface area contributed by atoms with Gasteiger partial charge in [0, 0.05) is 44.5 Å². The fraction of sp³-hybridized carbons (Fsp3) is 0.429. The first kappa shape index (κ1) is 29.2. The molecule has 0 unspecified atom stereocenters. The minimum Gasteiger partial charge on any atom is -0.390 e. The fourth-order valence-electron chi connectivity index (χ4n) is 4.98. The highest BCUT2D eigenvalue weighted by molar-refractivity contribution is 7.89. The topological polar surface area (TPSA) is 119 Å². The van der Waals surface area contributed by atoms with E-state index < -0.39 is 39.5 Å². The molecule has 0 aliphatic carbocycles. The molecule has 3 N–H and O–H groups in total. The summed E-state index contributed by atoms with van der Waals surface area (Å²) in [7, 11) is -3.89. The van der Waals surface area contributed by atoms with Crippen molar-refractivity contribution in [2.24, 2.45) is 5.92 Å². The maximum atomic E-state index is 13.3. The molecule has 1 aromatic carbocycles. The van der Waals surface area contributed by atoms with Crippen molar-refractivity contribution in [3.63, 3.8) is 0 Å². The third-order valence-electron chi connectivity index (χ3n) is 7.74. The van der Waals surface area contributed by atoms with E-state index in [2.05, 4.69) is 20.2 Å². The van der Waals surface area contributed by atoms with Crippen molar-refractivity contribution in [2.75, 3.05) is 36.4 Å². The van der Waals surface area contributed by atoms with Gasteiger partial charge < -0.3 is 20.4 Å². The molecule has 9 nitrogen and oxygen atoms in total. The van der Waals surface area contributed by atoms with Crippen molar-refractivity contribution in [3.05, 3.63) is 66.5 Å². The summed E-state index contributed by atoms with van der Waals surface area (Å²) in [5, 5.41) is 23.7. The van der Waals surface area contributed by atoms with E-state index in [-0.39, 0.29) is 36.1 Å². The average Bonchev–Trinajstić information content (AvgIpc) is 2.88. The molecule has 41 heavy (non-hydrogen) atoms. The molecule has 13 heteroatoms. The summed E-state index contributed by atoms with van der Waals surface area (Å²) in [5.41, 5.74) is 0.0703. The Bertz CT molecular complexity index is 1470. The molecular formula is C28H32F3N5O4S. The van der Waals surface area contributed by atoms with Gasteiger partial charge in [-0.05, 0) is 67.8 Å². The highest BCUT2D eigenvalue weighted by atomic mass is 32.2.